The number of nitrogens with zero attached hydrogens (tertiary/aromatic N) is 1. The molecular weight excluding hydrogens is 277 g/mol. The Kier molecular flexibility index (Phi) is 4.63. The zero-order valence-electron chi connectivity index (χ0n) is 12.8. The Morgan fingerprint density at radius 2 is 1.76 bits per heavy atom. The first-order chi connectivity index (χ1) is 9.68. The molecule has 1 unspecified atom stereocenters. The molecule has 1 aliphatic rings. The largest absolute Gasteiger partial charge is 0.416 e. The molecule has 1 aromatic rings. The average molecular weight is 300 g/mol. The van der Waals surface area contributed by atoms with Crippen LogP contribution >= 0.6 is 0 Å². The zero-order valence-corrected chi connectivity index (χ0v) is 12.8. The third-order valence-electron chi connectivity index (χ3n) is 4.02. The van der Waals surface area contributed by atoms with Gasteiger partial charge in [0.05, 0.1) is 5.56 Å². The van der Waals surface area contributed by atoms with Crippen molar-refractivity contribution in [2.75, 3.05) is 19.6 Å². The molecule has 1 aromatic carbocycles. The molecule has 2 nitrogen and oxygen atoms in total. The van der Waals surface area contributed by atoms with E-state index >= 15 is 0 Å². The van der Waals surface area contributed by atoms with Gasteiger partial charge in [-0.25, -0.2) is 0 Å². The number of benzene rings is 1. The zero-order chi connectivity index (χ0) is 15.7. The lowest BCUT2D eigenvalue weighted by atomic mass is 9.84. The molecular formula is C16H23F3N2. The van der Waals surface area contributed by atoms with Gasteiger partial charge in [-0.15, -0.1) is 0 Å². The standard InChI is InChI=1S/C16H23F3N2/c1-15(2,3)14-10-20-8-9-21(14)11-12-4-6-13(7-5-12)16(17,18)19/h4-7,14,20H,8-11H2,1-3H3. The Labute approximate surface area is 124 Å². The van der Waals surface area contributed by atoms with Crippen LogP contribution in [0.25, 0.3) is 0 Å². The van der Waals surface area contributed by atoms with Gasteiger partial charge in [0.1, 0.15) is 0 Å². The molecule has 0 amide bonds. The molecule has 2 rings (SSSR count). The SMILES string of the molecule is CC(C)(C)C1CNCCN1Cc1ccc(C(F)(F)F)cc1. The molecule has 0 radical (unpaired) electrons. The highest BCUT2D eigenvalue weighted by Gasteiger charge is 2.33. The van der Waals surface area contributed by atoms with Crippen molar-refractivity contribution < 1.29 is 13.2 Å². The van der Waals surface area contributed by atoms with Crippen LogP contribution in [0.3, 0.4) is 0 Å². The Morgan fingerprint density at radius 1 is 1.14 bits per heavy atom. The number of piperazine rings is 1. The van der Waals surface area contributed by atoms with Gasteiger partial charge in [0.2, 0.25) is 0 Å². The van der Waals surface area contributed by atoms with E-state index in [1.165, 1.54) is 12.1 Å². The number of halogens is 3. The van der Waals surface area contributed by atoms with Crippen LogP contribution in [0.15, 0.2) is 24.3 Å². The van der Waals surface area contributed by atoms with E-state index in [1.54, 1.807) is 12.1 Å². The second-order valence-electron chi connectivity index (χ2n) is 6.75. The van der Waals surface area contributed by atoms with Crippen LogP contribution in [0.4, 0.5) is 13.2 Å². The number of hydrogen-bond donors (Lipinski definition) is 1. The third-order valence-corrected chi connectivity index (χ3v) is 4.02. The van der Waals surface area contributed by atoms with Gasteiger partial charge >= 0.3 is 6.18 Å². The van der Waals surface area contributed by atoms with Crippen molar-refractivity contribution in [1.29, 1.82) is 0 Å². The van der Waals surface area contributed by atoms with Gasteiger partial charge in [0, 0.05) is 32.2 Å². The molecule has 0 bridgehead atoms. The molecule has 1 fully saturated rings. The number of alkyl halides is 3. The normalized spacial score (nSPS) is 21.5. The smallest absolute Gasteiger partial charge is 0.314 e. The first-order valence-electron chi connectivity index (χ1n) is 7.29. The average Bonchev–Trinajstić information content (AvgIpc) is 2.37. The maximum Gasteiger partial charge on any atom is 0.416 e. The van der Waals surface area contributed by atoms with Crippen LogP contribution in [-0.4, -0.2) is 30.6 Å². The summed E-state index contributed by atoms with van der Waals surface area (Å²) >= 11 is 0. The Hall–Kier alpha value is -1.07. The minimum atomic E-state index is -4.26. The molecule has 21 heavy (non-hydrogen) atoms. The second-order valence-corrected chi connectivity index (χ2v) is 6.75. The van der Waals surface area contributed by atoms with Crippen molar-refractivity contribution in [3.05, 3.63) is 35.4 Å². The lowest BCUT2D eigenvalue weighted by Gasteiger charge is -2.43. The molecule has 1 aliphatic heterocycles. The van der Waals surface area contributed by atoms with Crippen molar-refractivity contribution in [3.8, 4) is 0 Å². The molecule has 118 valence electrons. The second kappa shape index (κ2) is 5.97. The topological polar surface area (TPSA) is 15.3 Å². The highest BCUT2D eigenvalue weighted by molar-refractivity contribution is 5.24. The van der Waals surface area contributed by atoms with Crippen molar-refractivity contribution in [2.45, 2.75) is 39.5 Å². The van der Waals surface area contributed by atoms with Crippen LogP contribution in [0, 0.1) is 5.41 Å². The molecule has 5 heteroatoms. The monoisotopic (exact) mass is 300 g/mol. The van der Waals surface area contributed by atoms with Gasteiger partial charge < -0.3 is 5.32 Å². The van der Waals surface area contributed by atoms with Crippen molar-refractivity contribution >= 4 is 0 Å². The first-order valence-corrected chi connectivity index (χ1v) is 7.29. The molecule has 0 saturated carbocycles. The maximum atomic E-state index is 12.6. The first kappa shape index (κ1) is 16.3. The molecule has 0 aliphatic carbocycles. The summed E-state index contributed by atoms with van der Waals surface area (Å²) in [5, 5.41) is 3.40. The highest BCUT2D eigenvalue weighted by Crippen LogP contribution is 2.30. The lowest BCUT2D eigenvalue weighted by Crippen LogP contribution is -2.56. The van der Waals surface area contributed by atoms with Gasteiger partial charge in [0.15, 0.2) is 0 Å². The minimum Gasteiger partial charge on any atom is -0.314 e. The quantitative estimate of drug-likeness (QED) is 0.899. The Morgan fingerprint density at radius 3 is 2.29 bits per heavy atom. The summed E-state index contributed by atoms with van der Waals surface area (Å²) in [6, 6.07) is 5.90. The van der Waals surface area contributed by atoms with E-state index in [-0.39, 0.29) is 5.41 Å². The summed E-state index contributed by atoms with van der Waals surface area (Å²) in [4.78, 5) is 2.36. The molecule has 0 aromatic heterocycles. The van der Waals surface area contributed by atoms with Crippen LogP contribution in [-0.2, 0) is 12.7 Å². The van der Waals surface area contributed by atoms with Gasteiger partial charge in [0.25, 0.3) is 0 Å². The Balaban J connectivity index is 2.09. The van der Waals surface area contributed by atoms with Crippen molar-refractivity contribution in [3.63, 3.8) is 0 Å². The fraction of sp³-hybridized carbons (Fsp3) is 0.625. The van der Waals surface area contributed by atoms with E-state index in [0.29, 0.717) is 12.6 Å². The van der Waals surface area contributed by atoms with E-state index in [2.05, 4.69) is 31.0 Å². The van der Waals surface area contributed by atoms with Crippen LogP contribution in [0.2, 0.25) is 0 Å². The van der Waals surface area contributed by atoms with Gasteiger partial charge in [-0.1, -0.05) is 32.9 Å². The summed E-state index contributed by atoms with van der Waals surface area (Å²) in [5.41, 5.74) is 0.484. The van der Waals surface area contributed by atoms with Crippen LogP contribution < -0.4 is 5.32 Å². The number of rotatable bonds is 2. The van der Waals surface area contributed by atoms with Gasteiger partial charge in [-0.3, -0.25) is 4.90 Å². The maximum absolute atomic E-state index is 12.6. The minimum absolute atomic E-state index is 0.138. The Bertz CT molecular complexity index is 460. The number of nitrogens with one attached hydrogen (secondary N) is 1. The van der Waals surface area contributed by atoms with Crippen molar-refractivity contribution in [1.82, 2.24) is 10.2 Å². The molecule has 0 spiro atoms. The van der Waals surface area contributed by atoms with E-state index < -0.39 is 11.7 Å². The molecule has 1 atom stereocenters. The fourth-order valence-corrected chi connectivity index (χ4v) is 2.82. The summed E-state index contributed by atoms with van der Waals surface area (Å²) in [5.74, 6) is 0. The van der Waals surface area contributed by atoms with Crippen LogP contribution in [0.1, 0.15) is 31.9 Å². The fourth-order valence-electron chi connectivity index (χ4n) is 2.82. The van der Waals surface area contributed by atoms with Gasteiger partial charge in [-0.2, -0.15) is 13.2 Å². The van der Waals surface area contributed by atoms with Crippen molar-refractivity contribution in [2.24, 2.45) is 5.41 Å². The molecule has 1 heterocycles. The molecule has 1 saturated heterocycles. The predicted molar refractivity (Wildman–Crippen MR) is 78.0 cm³/mol. The van der Waals surface area contributed by atoms with E-state index in [0.717, 1.165) is 25.2 Å². The van der Waals surface area contributed by atoms with Crippen LogP contribution in [0.5, 0.6) is 0 Å². The predicted octanol–water partition coefficient (Wildman–Crippen LogP) is 3.53. The molecule has 1 N–H and O–H groups in total. The summed E-state index contributed by atoms with van der Waals surface area (Å²) in [7, 11) is 0. The lowest BCUT2D eigenvalue weighted by molar-refractivity contribution is -0.137. The summed E-state index contributed by atoms with van der Waals surface area (Å²) in [6.45, 7) is 10.1. The highest BCUT2D eigenvalue weighted by atomic mass is 19.4. The van der Waals surface area contributed by atoms with Gasteiger partial charge in [-0.05, 0) is 23.1 Å². The third kappa shape index (κ3) is 4.20. The number of hydrogen-bond acceptors (Lipinski definition) is 2. The van der Waals surface area contributed by atoms with E-state index in [4.69, 9.17) is 0 Å². The van der Waals surface area contributed by atoms with E-state index in [9.17, 15) is 13.2 Å². The van der Waals surface area contributed by atoms with E-state index in [1.807, 2.05) is 0 Å². The summed E-state index contributed by atoms with van der Waals surface area (Å²) < 4.78 is 37.7. The summed E-state index contributed by atoms with van der Waals surface area (Å²) in [6.07, 6.45) is -4.26.